The van der Waals surface area contributed by atoms with Gasteiger partial charge in [-0.25, -0.2) is 19.2 Å². The van der Waals surface area contributed by atoms with Crippen molar-refractivity contribution in [1.29, 1.82) is 0 Å². The number of hydrogen-bond donors (Lipinski definition) is 1. The van der Waals surface area contributed by atoms with E-state index in [2.05, 4.69) is 10.1 Å². The highest BCUT2D eigenvalue weighted by molar-refractivity contribution is 5.93. The van der Waals surface area contributed by atoms with Crippen LogP contribution in [0.3, 0.4) is 0 Å². The number of ether oxygens (including phenoxy) is 2. The maximum atomic E-state index is 12.8. The van der Waals surface area contributed by atoms with Crippen LogP contribution in [-0.4, -0.2) is 63.8 Å². The van der Waals surface area contributed by atoms with Crippen molar-refractivity contribution in [1.82, 2.24) is 10.2 Å². The predicted octanol–water partition coefficient (Wildman–Crippen LogP) is 6.76. The summed E-state index contributed by atoms with van der Waals surface area (Å²) in [7, 11) is 6.11. The lowest BCUT2D eigenvalue weighted by atomic mass is 10.1. The van der Waals surface area contributed by atoms with Crippen molar-refractivity contribution >= 4 is 35.4 Å². The first kappa shape index (κ1) is 35.8. The summed E-state index contributed by atoms with van der Waals surface area (Å²) in [5, 5.41) is 2.64. The number of amides is 4. The van der Waals surface area contributed by atoms with E-state index in [4.69, 9.17) is 4.74 Å². The van der Waals surface area contributed by atoms with E-state index in [1.165, 1.54) is 14.2 Å². The molecule has 0 radical (unpaired) electrons. The molecular formula is C37H42N4O6. The van der Waals surface area contributed by atoms with E-state index < -0.39 is 0 Å². The minimum atomic E-state index is -0.377. The number of nitrogens with zero attached hydrogens (tertiary/aromatic N) is 3. The Balaban J connectivity index is 0.000000257. The second kappa shape index (κ2) is 18.4. The van der Waals surface area contributed by atoms with Gasteiger partial charge >= 0.3 is 24.0 Å². The fraction of sp³-hybridized carbons (Fsp3) is 0.243. The first-order valence-electron chi connectivity index (χ1n) is 15.2. The van der Waals surface area contributed by atoms with Crippen molar-refractivity contribution in [3.05, 3.63) is 131 Å². The van der Waals surface area contributed by atoms with Gasteiger partial charge in [0.15, 0.2) is 0 Å². The monoisotopic (exact) mass is 638 g/mol. The molecule has 10 heteroatoms. The molecule has 4 aromatic rings. The molecule has 4 amide bonds. The fourth-order valence-corrected chi connectivity index (χ4v) is 4.63. The standard InChI is InChI=1S/C20H24N2O3.C17H18N2O3/c1-4-14-21(2)20(24)22(18-8-6-5-7-9-18)15-16-10-12-17(13-11-16)19(23)25-3;1-18-17(21)19(15-6-4-3-5-7-15)12-13-8-10-14(11-9-13)16(20)22-2/h5-13H,4,14-15H2,1-3H3;3-11H,12H2,1-2H3,(H,18,21). The Bertz CT molecular complexity index is 1580. The van der Waals surface area contributed by atoms with Crippen molar-refractivity contribution in [3.8, 4) is 0 Å². The summed E-state index contributed by atoms with van der Waals surface area (Å²) >= 11 is 0. The van der Waals surface area contributed by atoms with E-state index in [0.717, 1.165) is 28.9 Å². The zero-order chi connectivity index (χ0) is 34.2. The minimum Gasteiger partial charge on any atom is -0.465 e. The van der Waals surface area contributed by atoms with Crippen molar-refractivity contribution < 1.29 is 28.7 Å². The third kappa shape index (κ3) is 10.5. The second-order valence-electron chi connectivity index (χ2n) is 10.5. The molecule has 0 saturated heterocycles. The minimum absolute atomic E-state index is 0.0508. The predicted molar refractivity (Wildman–Crippen MR) is 184 cm³/mol. The molecule has 4 rings (SSSR count). The van der Waals surface area contributed by atoms with Gasteiger partial charge < -0.3 is 19.7 Å². The summed E-state index contributed by atoms with van der Waals surface area (Å²) in [4.78, 5) is 53.0. The van der Waals surface area contributed by atoms with Crippen molar-refractivity contribution in [2.75, 3.05) is 44.7 Å². The molecule has 4 aromatic carbocycles. The zero-order valence-corrected chi connectivity index (χ0v) is 27.5. The SMILES string of the molecule is CCCN(C)C(=O)N(Cc1ccc(C(=O)OC)cc1)c1ccccc1.CNC(=O)N(Cc1ccc(C(=O)OC)cc1)c1ccccc1. The Kier molecular flexibility index (Phi) is 14.0. The molecule has 0 atom stereocenters. The number of hydrogen-bond acceptors (Lipinski definition) is 6. The topological polar surface area (TPSA) is 108 Å². The smallest absolute Gasteiger partial charge is 0.337 e. The number of esters is 2. The van der Waals surface area contributed by atoms with Crippen molar-refractivity contribution in [2.45, 2.75) is 26.4 Å². The molecule has 0 spiro atoms. The van der Waals surface area contributed by atoms with Gasteiger partial charge in [-0.1, -0.05) is 67.6 Å². The molecule has 246 valence electrons. The molecule has 1 N–H and O–H groups in total. The number of benzene rings is 4. The van der Waals surface area contributed by atoms with Crippen LogP contribution in [0.1, 0.15) is 45.2 Å². The molecular weight excluding hydrogens is 596 g/mol. The van der Waals surface area contributed by atoms with Crippen LogP contribution < -0.4 is 15.1 Å². The number of anilines is 2. The number of para-hydroxylation sites is 2. The Morgan fingerprint density at radius 3 is 1.40 bits per heavy atom. The van der Waals surface area contributed by atoms with Gasteiger partial charge in [-0.2, -0.15) is 0 Å². The molecule has 0 aromatic heterocycles. The second-order valence-corrected chi connectivity index (χ2v) is 10.5. The van der Waals surface area contributed by atoms with Gasteiger partial charge in [-0.15, -0.1) is 0 Å². The number of methoxy groups -OCH3 is 2. The van der Waals surface area contributed by atoms with E-state index in [1.807, 2.05) is 98.9 Å². The van der Waals surface area contributed by atoms with Crippen LogP contribution in [-0.2, 0) is 22.6 Å². The van der Waals surface area contributed by atoms with Crippen LogP contribution in [0.2, 0.25) is 0 Å². The quantitative estimate of drug-likeness (QED) is 0.192. The van der Waals surface area contributed by atoms with Gasteiger partial charge in [0, 0.05) is 32.0 Å². The lowest BCUT2D eigenvalue weighted by Gasteiger charge is -2.28. The first-order chi connectivity index (χ1) is 22.7. The van der Waals surface area contributed by atoms with Gasteiger partial charge in [0.25, 0.3) is 0 Å². The Hall–Kier alpha value is -5.64. The summed E-state index contributed by atoms with van der Waals surface area (Å²) in [5.41, 5.74) is 4.48. The number of carbonyl (C=O) groups is 4. The maximum Gasteiger partial charge on any atom is 0.337 e. The molecule has 0 aliphatic rings. The van der Waals surface area contributed by atoms with E-state index >= 15 is 0 Å². The third-order valence-electron chi connectivity index (χ3n) is 7.14. The van der Waals surface area contributed by atoms with E-state index in [-0.39, 0.29) is 24.0 Å². The van der Waals surface area contributed by atoms with Gasteiger partial charge in [0.05, 0.1) is 38.4 Å². The van der Waals surface area contributed by atoms with Crippen LogP contribution in [0, 0.1) is 0 Å². The molecule has 0 bridgehead atoms. The Morgan fingerprint density at radius 2 is 1.02 bits per heavy atom. The number of carbonyl (C=O) groups excluding carboxylic acids is 4. The van der Waals surface area contributed by atoms with Crippen LogP contribution >= 0.6 is 0 Å². The summed E-state index contributed by atoms with van der Waals surface area (Å²) in [6.45, 7) is 3.58. The average molecular weight is 639 g/mol. The highest BCUT2D eigenvalue weighted by Gasteiger charge is 2.20. The summed E-state index contributed by atoms with van der Waals surface area (Å²) in [6, 6.07) is 32.9. The van der Waals surface area contributed by atoms with E-state index in [0.29, 0.717) is 30.8 Å². The van der Waals surface area contributed by atoms with Crippen LogP contribution in [0.5, 0.6) is 0 Å². The van der Waals surface area contributed by atoms with E-state index in [1.54, 1.807) is 46.0 Å². The zero-order valence-electron chi connectivity index (χ0n) is 27.5. The molecule has 47 heavy (non-hydrogen) atoms. The van der Waals surface area contributed by atoms with Gasteiger partial charge in [0.1, 0.15) is 0 Å². The highest BCUT2D eigenvalue weighted by Crippen LogP contribution is 2.20. The molecule has 0 saturated carbocycles. The lowest BCUT2D eigenvalue weighted by molar-refractivity contribution is 0.0592. The number of rotatable bonds is 10. The summed E-state index contributed by atoms with van der Waals surface area (Å²) < 4.78 is 9.38. The van der Waals surface area contributed by atoms with Crippen LogP contribution in [0.4, 0.5) is 21.0 Å². The van der Waals surface area contributed by atoms with Gasteiger partial charge in [-0.3, -0.25) is 9.80 Å². The van der Waals surface area contributed by atoms with Crippen molar-refractivity contribution in [3.63, 3.8) is 0 Å². The molecule has 0 heterocycles. The average Bonchev–Trinajstić information content (AvgIpc) is 3.13. The molecule has 0 unspecified atom stereocenters. The molecule has 0 aliphatic carbocycles. The highest BCUT2D eigenvalue weighted by atomic mass is 16.5. The summed E-state index contributed by atoms with van der Waals surface area (Å²) in [6.07, 6.45) is 0.901. The normalized spacial score (nSPS) is 10.1. The molecule has 0 aliphatic heterocycles. The first-order valence-corrected chi connectivity index (χ1v) is 15.2. The largest absolute Gasteiger partial charge is 0.465 e. The number of nitrogens with one attached hydrogen (secondary N) is 1. The molecule has 0 fully saturated rings. The Morgan fingerprint density at radius 1 is 0.617 bits per heavy atom. The fourth-order valence-electron chi connectivity index (χ4n) is 4.63. The van der Waals surface area contributed by atoms with Gasteiger partial charge in [-0.05, 0) is 66.1 Å². The van der Waals surface area contributed by atoms with Gasteiger partial charge in [0.2, 0.25) is 0 Å². The van der Waals surface area contributed by atoms with E-state index in [9.17, 15) is 19.2 Å². The van der Waals surface area contributed by atoms with Crippen LogP contribution in [0.15, 0.2) is 109 Å². The van der Waals surface area contributed by atoms with Crippen molar-refractivity contribution in [2.24, 2.45) is 0 Å². The Labute approximate surface area is 276 Å². The summed E-state index contributed by atoms with van der Waals surface area (Å²) in [5.74, 6) is -0.747. The molecule has 10 nitrogen and oxygen atoms in total. The third-order valence-corrected chi connectivity index (χ3v) is 7.14. The lowest BCUT2D eigenvalue weighted by Crippen LogP contribution is -2.41. The maximum absolute atomic E-state index is 12.8. The van der Waals surface area contributed by atoms with Crippen LogP contribution in [0.25, 0.3) is 0 Å². The number of urea groups is 2.